The summed E-state index contributed by atoms with van der Waals surface area (Å²) in [4.78, 5) is 2.33. The first-order valence-corrected chi connectivity index (χ1v) is 6.27. The van der Waals surface area contributed by atoms with Crippen LogP contribution in [0.25, 0.3) is 0 Å². The SMILES string of the molecule is CCOC1(N(CC)c2ccc(Cl)cc2)CC1. The van der Waals surface area contributed by atoms with E-state index in [4.69, 9.17) is 16.3 Å². The highest BCUT2D eigenvalue weighted by atomic mass is 35.5. The molecule has 2 rings (SSSR count). The van der Waals surface area contributed by atoms with Crippen molar-refractivity contribution >= 4 is 17.3 Å². The Hall–Kier alpha value is -0.730. The van der Waals surface area contributed by atoms with E-state index >= 15 is 0 Å². The first-order valence-electron chi connectivity index (χ1n) is 5.89. The second-order valence-corrected chi connectivity index (χ2v) is 4.54. The van der Waals surface area contributed by atoms with Gasteiger partial charge in [-0.3, -0.25) is 0 Å². The molecule has 0 unspecified atom stereocenters. The third kappa shape index (κ3) is 2.18. The molecule has 2 nitrogen and oxygen atoms in total. The maximum atomic E-state index is 5.90. The van der Waals surface area contributed by atoms with Crippen LogP contribution in [0.1, 0.15) is 26.7 Å². The number of anilines is 1. The van der Waals surface area contributed by atoms with Gasteiger partial charge in [0.15, 0.2) is 0 Å². The van der Waals surface area contributed by atoms with Crippen LogP contribution in [0.15, 0.2) is 24.3 Å². The lowest BCUT2D eigenvalue weighted by atomic mass is 10.2. The molecular formula is C13H18ClNO. The predicted molar refractivity (Wildman–Crippen MR) is 68.1 cm³/mol. The van der Waals surface area contributed by atoms with Crippen molar-refractivity contribution in [3.63, 3.8) is 0 Å². The van der Waals surface area contributed by atoms with Crippen molar-refractivity contribution < 1.29 is 4.74 Å². The molecule has 0 aliphatic heterocycles. The van der Waals surface area contributed by atoms with Crippen LogP contribution in [0.3, 0.4) is 0 Å². The van der Waals surface area contributed by atoms with Gasteiger partial charge in [0.2, 0.25) is 0 Å². The van der Waals surface area contributed by atoms with Crippen LogP contribution in [-0.2, 0) is 4.74 Å². The van der Waals surface area contributed by atoms with Crippen LogP contribution in [0.5, 0.6) is 0 Å². The second-order valence-electron chi connectivity index (χ2n) is 4.10. The summed E-state index contributed by atoms with van der Waals surface area (Å²) in [5, 5.41) is 0.779. The highest BCUT2D eigenvalue weighted by Crippen LogP contribution is 2.45. The summed E-state index contributed by atoms with van der Waals surface area (Å²) < 4.78 is 5.87. The fraction of sp³-hybridized carbons (Fsp3) is 0.538. The van der Waals surface area contributed by atoms with Crippen molar-refractivity contribution in [2.75, 3.05) is 18.1 Å². The highest BCUT2D eigenvalue weighted by molar-refractivity contribution is 6.30. The molecule has 1 aromatic carbocycles. The Kier molecular flexibility index (Phi) is 3.41. The van der Waals surface area contributed by atoms with Crippen molar-refractivity contribution in [3.05, 3.63) is 29.3 Å². The molecular weight excluding hydrogens is 222 g/mol. The quantitative estimate of drug-likeness (QED) is 0.727. The van der Waals surface area contributed by atoms with Crippen molar-refractivity contribution in [2.24, 2.45) is 0 Å². The van der Waals surface area contributed by atoms with E-state index in [0.29, 0.717) is 0 Å². The molecule has 3 heteroatoms. The topological polar surface area (TPSA) is 12.5 Å². The van der Waals surface area contributed by atoms with E-state index < -0.39 is 0 Å². The number of hydrogen-bond donors (Lipinski definition) is 0. The lowest BCUT2D eigenvalue weighted by Gasteiger charge is -2.32. The third-order valence-electron chi connectivity index (χ3n) is 3.04. The molecule has 0 amide bonds. The van der Waals surface area contributed by atoms with Gasteiger partial charge < -0.3 is 9.64 Å². The van der Waals surface area contributed by atoms with Crippen LogP contribution >= 0.6 is 11.6 Å². The first kappa shape index (κ1) is 11.7. The van der Waals surface area contributed by atoms with E-state index in [2.05, 4.69) is 30.9 Å². The van der Waals surface area contributed by atoms with Gasteiger partial charge in [-0.1, -0.05) is 11.6 Å². The van der Waals surface area contributed by atoms with Gasteiger partial charge >= 0.3 is 0 Å². The molecule has 1 saturated carbocycles. The van der Waals surface area contributed by atoms with E-state index in [-0.39, 0.29) is 5.72 Å². The van der Waals surface area contributed by atoms with Crippen molar-refractivity contribution in [2.45, 2.75) is 32.4 Å². The molecule has 1 aliphatic carbocycles. The van der Waals surface area contributed by atoms with E-state index in [0.717, 1.165) is 31.0 Å². The molecule has 0 aromatic heterocycles. The minimum atomic E-state index is -0.0443. The first-order chi connectivity index (χ1) is 7.72. The fourth-order valence-electron chi connectivity index (χ4n) is 2.19. The van der Waals surface area contributed by atoms with Crippen LogP contribution < -0.4 is 4.90 Å². The zero-order chi connectivity index (χ0) is 11.6. The molecule has 0 N–H and O–H groups in total. The summed E-state index contributed by atoms with van der Waals surface area (Å²) in [7, 11) is 0. The molecule has 1 fully saturated rings. The van der Waals surface area contributed by atoms with Crippen LogP contribution in [0.4, 0.5) is 5.69 Å². The minimum absolute atomic E-state index is 0.0443. The molecule has 0 atom stereocenters. The predicted octanol–water partition coefficient (Wildman–Crippen LogP) is 3.69. The van der Waals surface area contributed by atoms with Gasteiger partial charge in [-0.2, -0.15) is 0 Å². The lowest BCUT2D eigenvalue weighted by molar-refractivity contribution is 0.0398. The summed E-state index contributed by atoms with van der Waals surface area (Å²) in [5.41, 5.74) is 1.15. The molecule has 16 heavy (non-hydrogen) atoms. The largest absolute Gasteiger partial charge is 0.356 e. The lowest BCUT2D eigenvalue weighted by Crippen LogP contribution is -2.39. The Labute approximate surface area is 102 Å². The van der Waals surface area contributed by atoms with Crippen LogP contribution in [0.2, 0.25) is 5.02 Å². The second kappa shape index (κ2) is 4.64. The molecule has 88 valence electrons. The third-order valence-corrected chi connectivity index (χ3v) is 3.29. The number of nitrogens with zero attached hydrogens (tertiary/aromatic N) is 1. The summed E-state index contributed by atoms with van der Waals surface area (Å²) in [6.07, 6.45) is 2.24. The Balaban J connectivity index is 2.19. The van der Waals surface area contributed by atoms with E-state index in [1.54, 1.807) is 0 Å². The highest BCUT2D eigenvalue weighted by Gasteiger charge is 2.48. The smallest absolute Gasteiger partial charge is 0.141 e. The van der Waals surface area contributed by atoms with Crippen molar-refractivity contribution in [1.29, 1.82) is 0 Å². The molecule has 0 saturated heterocycles. The van der Waals surface area contributed by atoms with E-state index in [1.165, 1.54) is 5.69 Å². The zero-order valence-corrected chi connectivity index (χ0v) is 10.6. The standard InChI is InChI=1S/C13H18ClNO/c1-3-15(13(9-10-13)16-4-2)12-7-5-11(14)6-8-12/h5-8H,3-4,9-10H2,1-2H3. The van der Waals surface area contributed by atoms with Crippen LogP contribution in [0, 0.1) is 0 Å². The Morgan fingerprint density at radius 1 is 1.25 bits per heavy atom. The number of benzene rings is 1. The monoisotopic (exact) mass is 239 g/mol. The summed E-state index contributed by atoms with van der Waals surface area (Å²) >= 11 is 5.90. The van der Waals surface area contributed by atoms with Gasteiger partial charge in [-0.15, -0.1) is 0 Å². The molecule has 1 aromatic rings. The summed E-state index contributed by atoms with van der Waals surface area (Å²) in [6, 6.07) is 7.99. The van der Waals surface area contributed by atoms with Crippen LogP contribution in [-0.4, -0.2) is 18.9 Å². The normalized spacial score (nSPS) is 17.2. The Morgan fingerprint density at radius 3 is 2.31 bits per heavy atom. The van der Waals surface area contributed by atoms with Gasteiger partial charge in [0.05, 0.1) is 0 Å². The van der Waals surface area contributed by atoms with E-state index in [9.17, 15) is 0 Å². The molecule has 0 bridgehead atoms. The van der Waals surface area contributed by atoms with E-state index in [1.807, 2.05) is 12.1 Å². The molecule has 0 heterocycles. The number of rotatable bonds is 5. The number of hydrogen-bond acceptors (Lipinski definition) is 2. The average molecular weight is 240 g/mol. The van der Waals surface area contributed by atoms with Gasteiger partial charge in [-0.05, 0) is 51.0 Å². The average Bonchev–Trinajstić information content (AvgIpc) is 3.03. The van der Waals surface area contributed by atoms with Crippen molar-refractivity contribution in [3.8, 4) is 0 Å². The van der Waals surface area contributed by atoms with Gasteiger partial charge in [-0.25, -0.2) is 0 Å². The minimum Gasteiger partial charge on any atom is -0.356 e. The van der Waals surface area contributed by atoms with Gasteiger partial charge in [0.1, 0.15) is 5.72 Å². The van der Waals surface area contributed by atoms with Gasteiger partial charge in [0, 0.05) is 23.9 Å². The summed E-state index contributed by atoms with van der Waals surface area (Å²) in [6.45, 7) is 5.94. The fourth-order valence-corrected chi connectivity index (χ4v) is 2.32. The number of ether oxygens (including phenoxy) is 1. The zero-order valence-electron chi connectivity index (χ0n) is 9.87. The van der Waals surface area contributed by atoms with Gasteiger partial charge in [0.25, 0.3) is 0 Å². The molecule has 0 spiro atoms. The molecule has 0 radical (unpaired) electrons. The Morgan fingerprint density at radius 2 is 1.88 bits per heavy atom. The maximum Gasteiger partial charge on any atom is 0.141 e. The number of halogens is 1. The van der Waals surface area contributed by atoms with Crippen molar-refractivity contribution in [1.82, 2.24) is 0 Å². The Bertz CT molecular complexity index is 345. The maximum absolute atomic E-state index is 5.90. The summed E-state index contributed by atoms with van der Waals surface area (Å²) in [5.74, 6) is 0. The molecule has 1 aliphatic rings.